The second-order valence-electron chi connectivity index (χ2n) is 5.91. The summed E-state index contributed by atoms with van der Waals surface area (Å²) in [7, 11) is 1.55. The molecule has 0 saturated heterocycles. The summed E-state index contributed by atoms with van der Waals surface area (Å²) in [5, 5.41) is 13.3. The van der Waals surface area contributed by atoms with Crippen LogP contribution in [0.4, 0.5) is 15.0 Å². The molecule has 0 atom stereocenters. The smallest absolute Gasteiger partial charge is 0.320 e. The Bertz CT molecular complexity index is 923. The first-order chi connectivity index (χ1) is 12.6. The first-order valence-electron chi connectivity index (χ1n) is 8.49. The van der Waals surface area contributed by atoms with E-state index in [1.165, 1.54) is 12.1 Å². The van der Waals surface area contributed by atoms with Crippen molar-refractivity contribution in [2.75, 3.05) is 19.0 Å². The summed E-state index contributed by atoms with van der Waals surface area (Å²) in [6.45, 7) is 2.68. The summed E-state index contributed by atoms with van der Waals surface area (Å²) < 4.78 is 18.9. The lowest BCUT2D eigenvalue weighted by molar-refractivity contribution is 0.252. The van der Waals surface area contributed by atoms with Gasteiger partial charge in [0.1, 0.15) is 11.6 Å². The Kier molecular flexibility index (Phi) is 5.36. The zero-order chi connectivity index (χ0) is 18.5. The fraction of sp³-hybridized carbons (Fsp3) is 0.263. The number of carbonyl (C=O) groups is 1. The van der Waals surface area contributed by atoms with Crippen LogP contribution in [0.3, 0.4) is 0 Å². The molecule has 3 N–H and O–H groups in total. The molecule has 1 heterocycles. The fourth-order valence-corrected chi connectivity index (χ4v) is 2.72. The molecule has 0 radical (unpaired) electrons. The molecular formula is C19H21FN4O2. The number of fused-ring (bicyclic) bond motifs is 1. The molecule has 0 aliphatic rings. The minimum atomic E-state index is -0.336. The van der Waals surface area contributed by atoms with E-state index < -0.39 is 0 Å². The predicted octanol–water partition coefficient (Wildman–Crippen LogP) is 4.30. The third-order valence-corrected chi connectivity index (χ3v) is 4.08. The molecule has 0 unspecified atom stereocenters. The van der Waals surface area contributed by atoms with Gasteiger partial charge >= 0.3 is 6.03 Å². The molecule has 0 saturated carbocycles. The van der Waals surface area contributed by atoms with E-state index in [2.05, 4.69) is 27.8 Å². The standard InChI is InChI=1S/C19H21FN4O2/c1-3-4-9-21-19(25)22-18-14-7-5-12(10-16(14)23-24-18)15-11-13(20)6-8-17(15)26-2/h5-8,10-11H,3-4,9H2,1-2H3,(H3,21,22,23,24,25). The molecule has 3 rings (SSSR count). The van der Waals surface area contributed by atoms with E-state index in [9.17, 15) is 9.18 Å². The molecule has 136 valence electrons. The van der Waals surface area contributed by atoms with Crippen molar-refractivity contribution in [3.63, 3.8) is 0 Å². The predicted molar refractivity (Wildman–Crippen MR) is 100.0 cm³/mol. The first-order valence-corrected chi connectivity index (χ1v) is 8.49. The van der Waals surface area contributed by atoms with Gasteiger partial charge in [0.25, 0.3) is 0 Å². The highest BCUT2D eigenvalue weighted by Gasteiger charge is 2.12. The van der Waals surface area contributed by atoms with E-state index in [4.69, 9.17) is 4.74 Å². The number of methoxy groups -OCH3 is 1. The third kappa shape index (κ3) is 3.77. The fourth-order valence-electron chi connectivity index (χ4n) is 2.72. The zero-order valence-electron chi connectivity index (χ0n) is 14.7. The topological polar surface area (TPSA) is 79.0 Å². The SMILES string of the molecule is CCCCNC(=O)Nc1n[nH]c2cc(-c3cc(F)ccc3OC)ccc12. The van der Waals surface area contributed by atoms with Gasteiger partial charge in [-0.2, -0.15) is 5.10 Å². The Labute approximate surface area is 150 Å². The van der Waals surface area contributed by atoms with Crippen molar-refractivity contribution in [2.24, 2.45) is 0 Å². The van der Waals surface area contributed by atoms with Gasteiger partial charge in [0.05, 0.1) is 12.6 Å². The average Bonchev–Trinajstić information content (AvgIpc) is 3.04. The Morgan fingerprint density at radius 3 is 2.88 bits per heavy atom. The molecule has 26 heavy (non-hydrogen) atoms. The molecule has 1 aromatic heterocycles. The first kappa shape index (κ1) is 17.7. The van der Waals surface area contributed by atoms with Crippen molar-refractivity contribution in [1.29, 1.82) is 0 Å². The molecule has 0 aliphatic heterocycles. The number of hydrogen-bond acceptors (Lipinski definition) is 3. The number of aromatic amines is 1. The van der Waals surface area contributed by atoms with Gasteiger partial charge in [-0.3, -0.25) is 10.4 Å². The number of hydrogen-bond donors (Lipinski definition) is 3. The summed E-state index contributed by atoms with van der Waals surface area (Å²) in [5.41, 5.74) is 2.17. The van der Waals surface area contributed by atoms with Crippen LogP contribution in [0.2, 0.25) is 0 Å². The molecule has 3 aromatic rings. The largest absolute Gasteiger partial charge is 0.496 e. The highest BCUT2D eigenvalue weighted by atomic mass is 19.1. The van der Waals surface area contributed by atoms with Gasteiger partial charge < -0.3 is 10.1 Å². The number of nitrogens with one attached hydrogen (secondary N) is 3. The van der Waals surface area contributed by atoms with E-state index in [1.54, 1.807) is 13.2 Å². The van der Waals surface area contributed by atoms with E-state index in [1.807, 2.05) is 18.2 Å². The van der Waals surface area contributed by atoms with Crippen molar-refractivity contribution >= 4 is 22.8 Å². The van der Waals surface area contributed by atoms with Crippen LogP contribution in [0.1, 0.15) is 19.8 Å². The van der Waals surface area contributed by atoms with Crippen LogP contribution >= 0.6 is 0 Å². The van der Waals surface area contributed by atoms with Gasteiger partial charge in [0, 0.05) is 17.5 Å². The summed E-state index contributed by atoms with van der Waals surface area (Å²) in [6.07, 6.45) is 1.94. The number of rotatable bonds is 6. The number of H-pyrrole nitrogens is 1. The van der Waals surface area contributed by atoms with Gasteiger partial charge in [-0.1, -0.05) is 19.4 Å². The second-order valence-corrected chi connectivity index (χ2v) is 5.91. The zero-order valence-corrected chi connectivity index (χ0v) is 14.7. The van der Waals surface area contributed by atoms with E-state index >= 15 is 0 Å². The highest BCUT2D eigenvalue weighted by Crippen LogP contribution is 2.33. The molecule has 2 aromatic carbocycles. The Morgan fingerprint density at radius 2 is 2.12 bits per heavy atom. The number of aromatic nitrogens is 2. The lowest BCUT2D eigenvalue weighted by Crippen LogP contribution is -2.29. The monoisotopic (exact) mass is 356 g/mol. The third-order valence-electron chi connectivity index (χ3n) is 4.08. The van der Waals surface area contributed by atoms with E-state index in [0.717, 1.165) is 29.3 Å². The lowest BCUT2D eigenvalue weighted by Gasteiger charge is -2.09. The lowest BCUT2D eigenvalue weighted by atomic mass is 10.0. The number of halogens is 1. The van der Waals surface area contributed by atoms with Crippen LogP contribution in [0, 0.1) is 5.82 Å². The van der Waals surface area contributed by atoms with Gasteiger partial charge in [-0.05, 0) is 42.3 Å². The van der Waals surface area contributed by atoms with Gasteiger partial charge in [-0.25, -0.2) is 9.18 Å². The number of unbranched alkanes of at least 4 members (excludes halogenated alkanes) is 1. The van der Waals surface area contributed by atoms with Gasteiger partial charge in [0.15, 0.2) is 5.82 Å². The van der Waals surface area contributed by atoms with Crippen molar-refractivity contribution in [3.8, 4) is 16.9 Å². The summed E-state index contributed by atoms with van der Waals surface area (Å²) in [4.78, 5) is 11.9. The van der Waals surface area contributed by atoms with Gasteiger partial charge in [0.2, 0.25) is 0 Å². The second kappa shape index (κ2) is 7.86. The highest BCUT2D eigenvalue weighted by molar-refractivity contribution is 6.00. The van der Waals surface area contributed by atoms with Crippen LogP contribution in [-0.4, -0.2) is 29.9 Å². The quantitative estimate of drug-likeness (QED) is 0.576. The summed E-state index contributed by atoms with van der Waals surface area (Å²) in [6, 6.07) is 9.61. The Hall–Kier alpha value is -3.09. The molecule has 0 fully saturated rings. The van der Waals surface area contributed by atoms with Crippen LogP contribution in [-0.2, 0) is 0 Å². The summed E-state index contributed by atoms with van der Waals surface area (Å²) >= 11 is 0. The van der Waals surface area contributed by atoms with Crippen LogP contribution in [0.5, 0.6) is 5.75 Å². The molecule has 6 nitrogen and oxygen atoms in total. The maximum atomic E-state index is 13.6. The van der Waals surface area contributed by atoms with Crippen molar-refractivity contribution in [2.45, 2.75) is 19.8 Å². The maximum Gasteiger partial charge on any atom is 0.320 e. The van der Waals surface area contributed by atoms with Crippen molar-refractivity contribution in [1.82, 2.24) is 15.5 Å². The van der Waals surface area contributed by atoms with E-state index in [-0.39, 0.29) is 11.8 Å². The molecular weight excluding hydrogens is 335 g/mol. The number of ether oxygens (including phenoxy) is 1. The number of urea groups is 1. The number of carbonyl (C=O) groups excluding carboxylic acids is 1. The van der Waals surface area contributed by atoms with Crippen LogP contribution in [0.25, 0.3) is 22.0 Å². The molecule has 0 bridgehead atoms. The minimum Gasteiger partial charge on any atom is -0.496 e. The maximum absolute atomic E-state index is 13.6. The molecule has 7 heteroatoms. The molecule has 0 spiro atoms. The van der Waals surface area contributed by atoms with E-state index in [0.29, 0.717) is 23.7 Å². The molecule has 2 amide bonds. The Balaban J connectivity index is 1.86. The average molecular weight is 356 g/mol. The Morgan fingerprint density at radius 1 is 1.27 bits per heavy atom. The normalized spacial score (nSPS) is 10.7. The number of benzene rings is 2. The molecule has 0 aliphatic carbocycles. The summed E-state index contributed by atoms with van der Waals surface area (Å²) in [5.74, 6) is 0.697. The van der Waals surface area contributed by atoms with Crippen molar-refractivity contribution < 1.29 is 13.9 Å². The number of amides is 2. The van der Waals surface area contributed by atoms with Crippen molar-refractivity contribution in [3.05, 3.63) is 42.2 Å². The number of nitrogens with zero attached hydrogens (tertiary/aromatic N) is 1. The number of anilines is 1. The van der Waals surface area contributed by atoms with Crippen LogP contribution in [0.15, 0.2) is 36.4 Å². The minimum absolute atomic E-state index is 0.289. The van der Waals surface area contributed by atoms with Gasteiger partial charge in [-0.15, -0.1) is 0 Å². The van der Waals surface area contributed by atoms with Crippen LogP contribution < -0.4 is 15.4 Å².